The first-order valence-corrected chi connectivity index (χ1v) is 5.92. The van der Waals surface area contributed by atoms with Crippen molar-refractivity contribution >= 4 is 0 Å². The Morgan fingerprint density at radius 3 is 2.12 bits per heavy atom. The lowest BCUT2D eigenvalue weighted by atomic mass is 9.98. The summed E-state index contributed by atoms with van der Waals surface area (Å²) < 4.78 is 0. The lowest BCUT2D eigenvalue weighted by Crippen LogP contribution is -2.48. The van der Waals surface area contributed by atoms with Gasteiger partial charge >= 0.3 is 0 Å². The molecule has 1 aliphatic carbocycles. The largest absolute Gasteiger partial charge is 0.388 e. The van der Waals surface area contributed by atoms with Crippen LogP contribution in [0.15, 0.2) is 24.3 Å². The van der Waals surface area contributed by atoms with Crippen LogP contribution in [0.4, 0.5) is 0 Å². The quantitative estimate of drug-likeness (QED) is 0.796. The molecular formula is C14H21NO. The van der Waals surface area contributed by atoms with Gasteiger partial charge in [-0.2, -0.15) is 0 Å². The summed E-state index contributed by atoms with van der Waals surface area (Å²) in [6, 6.07) is 8.32. The molecule has 1 aromatic carbocycles. The van der Waals surface area contributed by atoms with E-state index in [1.165, 1.54) is 11.1 Å². The molecule has 0 fully saturated rings. The van der Waals surface area contributed by atoms with Gasteiger partial charge in [0.2, 0.25) is 0 Å². The number of aliphatic hydroxyl groups is 1. The predicted octanol–water partition coefficient (Wildman–Crippen LogP) is 1.90. The maximum absolute atomic E-state index is 10.5. The van der Waals surface area contributed by atoms with Crippen molar-refractivity contribution in [1.29, 1.82) is 0 Å². The highest BCUT2D eigenvalue weighted by atomic mass is 16.3. The summed E-state index contributed by atoms with van der Waals surface area (Å²) in [5.41, 5.74) is 2.04. The third kappa shape index (κ3) is 2.63. The zero-order valence-electron chi connectivity index (χ0n) is 10.4. The van der Waals surface area contributed by atoms with E-state index < -0.39 is 5.60 Å². The summed E-state index contributed by atoms with van der Waals surface area (Å²) in [6.07, 6.45) is 1.54. The fraction of sp³-hybridized carbons (Fsp3) is 0.571. The van der Waals surface area contributed by atoms with Gasteiger partial charge in [-0.05, 0) is 31.9 Å². The number of β-amino-alcohol motifs (C(OH)–C–C–N with tert-alkyl or cyclic N) is 1. The van der Waals surface area contributed by atoms with E-state index in [1.807, 2.05) is 12.1 Å². The molecule has 0 saturated carbocycles. The minimum atomic E-state index is -0.600. The summed E-state index contributed by atoms with van der Waals surface area (Å²) in [4.78, 5) is 0. The first-order valence-electron chi connectivity index (χ1n) is 5.92. The lowest BCUT2D eigenvalue weighted by molar-refractivity contribution is 0.0449. The molecule has 2 heteroatoms. The van der Waals surface area contributed by atoms with Gasteiger partial charge in [-0.25, -0.2) is 0 Å². The van der Waals surface area contributed by atoms with E-state index in [1.54, 1.807) is 0 Å². The smallest absolute Gasteiger partial charge is 0.0852 e. The average molecular weight is 219 g/mol. The molecule has 0 amide bonds. The second kappa shape index (κ2) is 3.86. The SMILES string of the molecule is CC(C)(C)NCC1(O)Cc2ccccc2C1. The van der Waals surface area contributed by atoms with Crippen LogP contribution in [0, 0.1) is 0 Å². The van der Waals surface area contributed by atoms with Crippen LogP contribution in [0.1, 0.15) is 31.9 Å². The van der Waals surface area contributed by atoms with Crippen molar-refractivity contribution < 1.29 is 5.11 Å². The molecule has 0 saturated heterocycles. The van der Waals surface area contributed by atoms with Crippen molar-refractivity contribution in [3.8, 4) is 0 Å². The first kappa shape index (κ1) is 11.6. The third-order valence-corrected chi connectivity index (χ3v) is 3.11. The van der Waals surface area contributed by atoms with Crippen molar-refractivity contribution in [3.63, 3.8) is 0 Å². The van der Waals surface area contributed by atoms with Gasteiger partial charge < -0.3 is 10.4 Å². The Balaban J connectivity index is 2.03. The van der Waals surface area contributed by atoms with Crippen LogP contribution in [0.2, 0.25) is 0 Å². The average Bonchev–Trinajstić information content (AvgIpc) is 2.51. The minimum Gasteiger partial charge on any atom is -0.388 e. The highest BCUT2D eigenvalue weighted by Gasteiger charge is 2.35. The van der Waals surface area contributed by atoms with Gasteiger partial charge in [-0.1, -0.05) is 24.3 Å². The van der Waals surface area contributed by atoms with E-state index >= 15 is 0 Å². The van der Waals surface area contributed by atoms with Crippen molar-refractivity contribution in [2.75, 3.05) is 6.54 Å². The molecule has 1 aromatic rings. The highest BCUT2D eigenvalue weighted by Crippen LogP contribution is 2.29. The van der Waals surface area contributed by atoms with Crippen LogP contribution < -0.4 is 5.32 Å². The molecule has 0 bridgehead atoms. The maximum atomic E-state index is 10.5. The molecule has 16 heavy (non-hydrogen) atoms. The molecule has 2 rings (SSSR count). The van der Waals surface area contributed by atoms with Crippen LogP contribution in [0.5, 0.6) is 0 Å². The molecule has 0 radical (unpaired) electrons. The topological polar surface area (TPSA) is 32.3 Å². The Labute approximate surface area is 97.7 Å². The molecule has 0 heterocycles. The fourth-order valence-corrected chi connectivity index (χ4v) is 2.23. The zero-order chi connectivity index (χ0) is 11.8. The molecular weight excluding hydrogens is 198 g/mol. The Kier molecular flexibility index (Phi) is 2.81. The summed E-state index contributed by atoms with van der Waals surface area (Å²) in [7, 11) is 0. The lowest BCUT2D eigenvalue weighted by Gasteiger charge is -2.29. The molecule has 0 unspecified atom stereocenters. The number of fused-ring (bicyclic) bond motifs is 1. The van der Waals surface area contributed by atoms with Crippen molar-refractivity contribution in [2.45, 2.75) is 44.8 Å². The van der Waals surface area contributed by atoms with E-state index in [-0.39, 0.29) is 5.54 Å². The first-order chi connectivity index (χ1) is 7.38. The molecule has 0 atom stereocenters. The summed E-state index contributed by atoms with van der Waals surface area (Å²) in [6.45, 7) is 7.03. The van der Waals surface area contributed by atoms with Crippen molar-refractivity contribution in [3.05, 3.63) is 35.4 Å². The van der Waals surface area contributed by atoms with Gasteiger partial charge in [0.25, 0.3) is 0 Å². The second-order valence-corrected chi connectivity index (χ2v) is 5.95. The number of hydrogen-bond donors (Lipinski definition) is 2. The molecule has 88 valence electrons. The number of hydrogen-bond acceptors (Lipinski definition) is 2. The molecule has 0 spiro atoms. The van der Waals surface area contributed by atoms with Crippen LogP contribution in [0.25, 0.3) is 0 Å². The van der Waals surface area contributed by atoms with Crippen LogP contribution >= 0.6 is 0 Å². The van der Waals surface area contributed by atoms with E-state index in [9.17, 15) is 5.11 Å². The molecule has 0 aliphatic heterocycles. The standard InChI is InChI=1S/C14H21NO/c1-13(2,3)15-10-14(16)8-11-6-4-5-7-12(11)9-14/h4-7,15-16H,8-10H2,1-3H3. The molecule has 2 nitrogen and oxygen atoms in total. The summed E-state index contributed by atoms with van der Waals surface area (Å²) >= 11 is 0. The van der Waals surface area contributed by atoms with Gasteiger partial charge in [0.1, 0.15) is 0 Å². The second-order valence-electron chi connectivity index (χ2n) is 5.95. The molecule has 0 aromatic heterocycles. The number of rotatable bonds is 2. The van der Waals surface area contributed by atoms with Crippen LogP contribution in [-0.4, -0.2) is 22.8 Å². The van der Waals surface area contributed by atoms with Gasteiger partial charge in [-0.15, -0.1) is 0 Å². The van der Waals surface area contributed by atoms with E-state index in [2.05, 4.69) is 38.2 Å². The van der Waals surface area contributed by atoms with E-state index in [4.69, 9.17) is 0 Å². The van der Waals surface area contributed by atoms with Gasteiger partial charge in [0.05, 0.1) is 5.60 Å². The monoisotopic (exact) mass is 219 g/mol. The Morgan fingerprint density at radius 1 is 1.19 bits per heavy atom. The third-order valence-electron chi connectivity index (χ3n) is 3.11. The molecule has 1 aliphatic rings. The fourth-order valence-electron chi connectivity index (χ4n) is 2.23. The number of nitrogens with one attached hydrogen (secondary N) is 1. The summed E-state index contributed by atoms with van der Waals surface area (Å²) in [5.74, 6) is 0. The Morgan fingerprint density at radius 2 is 1.69 bits per heavy atom. The normalized spacial score (nSPS) is 18.5. The van der Waals surface area contributed by atoms with Gasteiger partial charge in [-0.3, -0.25) is 0 Å². The van der Waals surface area contributed by atoms with E-state index in [0.29, 0.717) is 6.54 Å². The predicted molar refractivity (Wildman–Crippen MR) is 66.6 cm³/mol. The van der Waals surface area contributed by atoms with Crippen LogP contribution in [0.3, 0.4) is 0 Å². The maximum Gasteiger partial charge on any atom is 0.0852 e. The Hall–Kier alpha value is -0.860. The van der Waals surface area contributed by atoms with Gasteiger partial charge in [0, 0.05) is 24.9 Å². The summed E-state index contributed by atoms with van der Waals surface area (Å²) in [5, 5.41) is 13.9. The zero-order valence-corrected chi connectivity index (χ0v) is 10.4. The number of benzene rings is 1. The minimum absolute atomic E-state index is 0.0600. The van der Waals surface area contributed by atoms with Crippen molar-refractivity contribution in [1.82, 2.24) is 5.32 Å². The molecule has 2 N–H and O–H groups in total. The Bertz CT molecular complexity index is 354. The van der Waals surface area contributed by atoms with Crippen molar-refractivity contribution in [2.24, 2.45) is 0 Å². The van der Waals surface area contributed by atoms with Crippen LogP contribution in [-0.2, 0) is 12.8 Å². The van der Waals surface area contributed by atoms with E-state index in [0.717, 1.165) is 12.8 Å². The highest BCUT2D eigenvalue weighted by molar-refractivity contribution is 5.35. The van der Waals surface area contributed by atoms with Gasteiger partial charge in [0.15, 0.2) is 0 Å².